The highest BCUT2D eigenvalue weighted by atomic mass is 32.1. The van der Waals surface area contributed by atoms with Gasteiger partial charge in [-0.2, -0.15) is 0 Å². The number of carbonyl (C=O) groups is 1. The van der Waals surface area contributed by atoms with Crippen molar-refractivity contribution >= 4 is 32.3 Å². The Morgan fingerprint density at radius 3 is 2.88 bits per heavy atom. The van der Waals surface area contributed by atoms with Crippen LogP contribution in [0.15, 0.2) is 18.3 Å². The SMILES string of the molecule is O=C(NC1CC2CCN(C2)C1)c1cc2sc(N3CCCCC3)cc2cn1. The molecular weight excluding hydrogens is 344 g/mol. The minimum Gasteiger partial charge on any atom is -0.363 e. The molecule has 5 nitrogen and oxygen atoms in total. The van der Waals surface area contributed by atoms with E-state index >= 15 is 0 Å². The molecule has 2 aromatic heterocycles. The van der Waals surface area contributed by atoms with Crippen molar-refractivity contribution in [2.24, 2.45) is 5.92 Å². The maximum Gasteiger partial charge on any atom is 0.270 e. The van der Waals surface area contributed by atoms with Crippen molar-refractivity contribution in [3.63, 3.8) is 0 Å². The van der Waals surface area contributed by atoms with Gasteiger partial charge in [-0.15, -0.1) is 11.3 Å². The Morgan fingerprint density at radius 1 is 1.15 bits per heavy atom. The first-order chi connectivity index (χ1) is 12.7. The zero-order valence-electron chi connectivity index (χ0n) is 15.1. The molecule has 0 spiro atoms. The molecule has 0 saturated carbocycles. The summed E-state index contributed by atoms with van der Waals surface area (Å²) in [6.07, 6.45) is 8.15. The Morgan fingerprint density at radius 2 is 2.04 bits per heavy atom. The van der Waals surface area contributed by atoms with E-state index in [1.54, 1.807) is 11.3 Å². The standard InChI is InChI=1S/C20H26N4OS/c25-20(22-16-8-14-4-7-23(12-14)13-16)17-10-18-15(11-21-17)9-19(26-18)24-5-2-1-3-6-24/h9-11,14,16H,1-8,12-13H2,(H,22,25). The molecule has 138 valence electrons. The summed E-state index contributed by atoms with van der Waals surface area (Å²) < 4.78 is 1.16. The fourth-order valence-electron chi connectivity index (χ4n) is 4.74. The first-order valence-corrected chi connectivity index (χ1v) is 10.7. The molecule has 26 heavy (non-hydrogen) atoms. The van der Waals surface area contributed by atoms with Crippen molar-refractivity contribution < 1.29 is 4.79 Å². The molecule has 0 aromatic carbocycles. The quantitative estimate of drug-likeness (QED) is 0.902. The Labute approximate surface area is 158 Å². The summed E-state index contributed by atoms with van der Waals surface area (Å²) in [6.45, 7) is 5.68. The number of aromatic nitrogens is 1. The van der Waals surface area contributed by atoms with Gasteiger partial charge < -0.3 is 15.1 Å². The second-order valence-corrected chi connectivity index (χ2v) is 9.12. The fourth-order valence-corrected chi connectivity index (χ4v) is 5.86. The molecule has 3 aliphatic rings. The second kappa shape index (κ2) is 6.82. The van der Waals surface area contributed by atoms with Crippen LogP contribution >= 0.6 is 11.3 Å². The molecule has 1 amide bonds. The van der Waals surface area contributed by atoms with E-state index in [4.69, 9.17) is 0 Å². The van der Waals surface area contributed by atoms with Crippen molar-refractivity contribution in [2.75, 3.05) is 37.6 Å². The third-order valence-corrected chi connectivity index (χ3v) is 7.25. The number of carbonyl (C=O) groups excluding carboxylic acids is 1. The maximum absolute atomic E-state index is 12.7. The van der Waals surface area contributed by atoms with Gasteiger partial charge in [0.25, 0.3) is 5.91 Å². The van der Waals surface area contributed by atoms with Gasteiger partial charge in [-0.1, -0.05) is 0 Å². The summed E-state index contributed by atoms with van der Waals surface area (Å²) in [7, 11) is 0. The van der Waals surface area contributed by atoms with Crippen molar-refractivity contribution in [1.82, 2.24) is 15.2 Å². The highest BCUT2D eigenvalue weighted by molar-refractivity contribution is 7.22. The molecule has 5 heterocycles. The van der Waals surface area contributed by atoms with Crippen LogP contribution in [0.1, 0.15) is 42.6 Å². The fraction of sp³-hybridized carbons (Fsp3) is 0.600. The molecule has 3 aliphatic heterocycles. The maximum atomic E-state index is 12.7. The van der Waals surface area contributed by atoms with Crippen molar-refractivity contribution in [2.45, 2.75) is 38.1 Å². The number of anilines is 1. The lowest BCUT2D eigenvalue weighted by molar-refractivity contribution is 0.0904. The van der Waals surface area contributed by atoms with Crippen molar-refractivity contribution in [1.29, 1.82) is 0 Å². The van der Waals surface area contributed by atoms with E-state index in [1.807, 2.05) is 12.3 Å². The largest absolute Gasteiger partial charge is 0.363 e. The van der Waals surface area contributed by atoms with Crippen molar-refractivity contribution in [3.05, 3.63) is 24.0 Å². The van der Waals surface area contributed by atoms with E-state index < -0.39 is 0 Å². The van der Waals surface area contributed by atoms with Gasteiger partial charge in [0, 0.05) is 48.5 Å². The van der Waals surface area contributed by atoms with Crippen LogP contribution in [0.25, 0.3) is 10.1 Å². The lowest BCUT2D eigenvalue weighted by Crippen LogP contribution is -2.47. The zero-order chi connectivity index (χ0) is 17.5. The van der Waals surface area contributed by atoms with Gasteiger partial charge in [0.2, 0.25) is 0 Å². The molecule has 0 radical (unpaired) electrons. The molecule has 3 unspecified atom stereocenters. The van der Waals surface area contributed by atoms with E-state index in [9.17, 15) is 4.79 Å². The molecule has 2 aromatic rings. The normalized spacial score (nSPS) is 28.5. The highest BCUT2D eigenvalue weighted by Crippen LogP contribution is 2.34. The van der Waals surface area contributed by atoms with Gasteiger partial charge in [-0.3, -0.25) is 9.78 Å². The van der Waals surface area contributed by atoms with Crippen LogP contribution in [-0.2, 0) is 0 Å². The number of rotatable bonds is 3. The number of amides is 1. The third kappa shape index (κ3) is 3.21. The van der Waals surface area contributed by atoms with E-state index in [0.717, 1.165) is 42.1 Å². The molecule has 3 atom stereocenters. The van der Waals surface area contributed by atoms with Gasteiger partial charge in [-0.05, 0) is 56.7 Å². The zero-order valence-corrected chi connectivity index (χ0v) is 15.9. The number of nitrogens with zero attached hydrogens (tertiary/aromatic N) is 3. The third-order valence-electron chi connectivity index (χ3n) is 6.09. The second-order valence-electron chi connectivity index (χ2n) is 8.06. The number of hydrogen-bond acceptors (Lipinski definition) is 5. The van der Waals surface area contributed by atoms with Gasteiger partial charge >= 0.3 is 0 Å². The van der Waals surface area contributed by atoms with Crippen LogP contribution in [0.3, 0.4) is 0 Å². The Bertz CT molecular complexity index is 801. The molecular formula is C20H26N4OS. The predicted octanol–water partition coefficient (Wildman–Crippen LogP) is 3.11. The van der Waals surface area contributed by atoms with Crippen molar-refractivity contribution in [3.8, 4) is 0 Å². The van der Waals surface area contributed by atoms with E-state index in [0.29, 0.717) is 5.69 Å². The molecule has 2 bridgehead atoms. The Balaban J connectivity index is 1.31. The summed E-state index contributed by atoms with van der Waals surface area (Å²) in [6, 6.07) is 4.47. The monoisotopic (exact) mass is 370 g/mol. The van der Waals surface area contributed by atoms with Crippen LogP contribution in [0.2, 0.25) is 0 Å². The smallest absolute Gasteiger partial charge is 0.270 e. The molecule has 1 N–H and O–H groups in total. The number of thiophene rings is 1. The number of pyridine rings is 1. The summed E-state index contributed by atoms with van der Waals surface area (Å²) in [5, 5.41) is 5.68. The number of hydrogen-bond donors (Lipinski definition) is 1. The van der Waals surface area contributed by atoms with Crippen LogP contribution in [0.5, 0.6) is 0 Å². The summed E-state index contributed by atoms with van der Waals surface area (Å²) in [4.78, 5) is 22.1. The first-order valence-electron chi connectivity index (χ1n) is 9.92. The average Bonchev–Trinajstić information content (AvgIpc) is 3.24. The summed E-state index contributed by atoms with van der Waals surface area (Å²) >= 11 is 1.79. The van der Waals surface area contributed by atoms with E-state index in [1.165, 1.54) is 43.8 Å². The average molecular weight is 371 g/mol. The predicted molar refractivity (Wildman–Crippen MR) is 106 cm³/mol. The molecule has 0 aliphatic carbocycles. The van der Waals surface area contributed by atoms with Crippen LogP contribution in [-0.4, -0.2) is 54.6 Å². The van der Waals surface area contributed by atoms with Crippen LogP contribution < -0.4 is 10.2 Å². The Kier molecular flexibility index (Phi) is 4.33. The van der Waals surface area contributed by atoms with Crippen LogP contribution in [0.4, 0.5) is 5.00 Å². The van der Waals surface area contributed by atoms with E-state index in [-0.39, 0.29) is 11.9 Å². The van der Waals surface area contributed by atoms with Crippen LogP contribution in [0, 0.1) is 5.92 Å². The first kappa shape index (κ1) is 16.5. The van der Waals surface area contributed by atoms with Gasteiger partial charge in [-0.25, -0.2) is 0 Å². The molecule has 6 heteroatoms. The topological polar surface area (TPSA) is 48.5 Å². The lowest BCUT2D eigenvalue weighted by atomic mass is 9.97. The van der Waals surface area contributed by atoms with Gasteiger partial charge in [0.05, 0.1) is 5.00 Å². The minimum atomic E-state index is -0.0210. The summed E-state index contributed by atoms with van der Waals surface area (Å²) in [5.41, 5.74) is 0.553. The summed E-state index contributed by atoms with van der Waals surface area (Å²) in [5.74, 6) is 0.737. The lowest BCUT2D eigenvalue weighted by Gasteiger charge is -2.30. The molecule has 5 rings (SSSR count). The number of nitrogens with one attached hydrogen (secondary N) is 1. The van der Waals surface area contributed by atoms with E-state index in [2.05, 4.69) is 26.2 Å². The molecule has 3 fully saturated rings. The highest BCUT2D eigenvalue weighted by Gasteiger charge is 2.33. The Hall–Kier alpha value is -1.66. The van der Waals surface area contributed by atoms with Gasteiger partial charge in [0.15, 0.2) is 0 Å². The number of piperidine rings is 2. The minimum absolute atomic E-state index is 0.0210. The van der Waals surface area contributed by atoms with Gasteiger partial charge in [0.1, 0.15) is 5.69 Å². The molecule has 3 saturated heterocycles. The number of fused-ring (bicyclic) bond motifs is 3.